The van der Waals surface area contributed by atoms with Crippen LogP contribution in [0.5, 0.6) is 5.75 Å². The number of hydrogen-bond donors (Lipinski definition) is 1. The molecule has 0 spiro atoms. The van der Waals surface area contributed by atoms with Gasteiger partial charge in [-0.3, -0.25) is 4.79 Å². The van der Waals surface area contributed by atoms with E-state index in [1.807, 2.05) is 24.3 Å². The number of methoxy groups -OCH3 is 2. The molecule has 0 aliphatic heterocycles. The summed E-state index contributed by atoms with van der Waals surface area (Å²) in [5.41, 5.74) is 0.369. The number of benzene rings is 2. The van der Waals surface area contributed by atoms with Gasteiger partial charge < -0.3 is 14.8 Å². The average Bonchev–Trinajstić information content (AvgIpc) is 2.66. The Kier molecular flexibility index (Phi) is 4.56. The van der Waals surface area contributed by atoms with Crippen LogP contribution in [0.3, 0.4) is 0 Å². The summed E-state index contributed by atoms with van der Waals surface area (Å²) in [5, 5.41) is 4.15. The number of hydrogen-bond acceptors (Lipinski definition) is 6. The van der Waals surface area contributed by atoms with Crippen LogP contribution in [0.25, 0.3) is 10.8 Å². The van der Waals surface area contributed by atoms with Crippen molar-refractivity contribution in [2.24, 2.45) is 0 Å². The third kappa shape index (κ3) is 3.12. The van der Waals surface area contributed by atoms with Crippen molar-refractivity contribution in [3.05, 3.63) is 60.0 Å². The first-order valence-corrected chi connectivity index (χ1v) is 7.42. The Bertz CT molecular complexity index is 956. The molecule has 0 radical (unpaired) electrons. The van der Waals surface area contributed by atoms with Gasteiger partial charge in [0.1, 0.15) is 5.75 Å². The lowest BCUT2D eigenvalue weighted by Gasteiger charge is -2.11. The average molecular weight is 337 g/mol. The van der Waals surface area contributed by atoms with Gasteiger partial charge in [0.25, 0.3) is 5.91 Å². The second-order valence-corrected chi connectivity index (χ2v) is 5.06. The molecule has 0 saturated heterocycles. The van der Waals surface area contributed by atoms with E-state index in [4.69, 9.17) is 4.74 Å². The SMILES string of the molecule is COC(=O)c1nccnc1NC(=O)c1ccc(OC)c2ccccc12. The molecule has 0 saturated carbocycles. The minimum absolute atomic E-state index is 0.0410. The maximum Gasteiger partial charge on any atom is 0.360 e. The molecule has 0 unspecified atom stereocenters. The summed E-state index contributed by atoms with van der Waals surface area (Å²) in [5.74, 6) is -0.381. The van der Waals surface area contributed by atoms with Gasteiger partial charge in [0.05, 0.1) is 14.2 Å². The Balaban J connectivity index is 2.01. The van der Waals surface area contributed by atoms with Gasteiger partial charge in [-0.1, -0.05) is 24.3 Å². The van der Waals surface area contributed by atoms with Crippen LogP contribution in [-0.4, -0.2) is 36.1 Å². The number of nitrogens with one attached hydrogen (secondary N) is 1. The maximum atomic E-state index is 12.7. The first-order valence-electron chi connectivity index (χ1n) is 7.42. The van der Waals surface area contributed by atoms with Gasteiger partial charge in [0.2, 0.25) is 0 Å². The van der Waals surface area contributed by atoms with E-state index in [1.165, 1.54) is 19.5 Å². The van der Waals surface area contributed by atoms with Crippen LogP contribution < -0.4 is 10.1 Å². The summed E-state index contributed by atoms with van der Waals surface area (Å²) in [6.45, 7) is 0. The van der Waals surface area contributed by atoms with E-state index in [9.17, 15) is 9.59 Å². The zero-order valence-corrected chi connectivity index (χ0v) is 13.6. The highest BCUT2D eigenvalue weighted by Crippen LogP contribution is 2.28. The van der Waals surface area contributed by atoms with E-state index in [0.717, 1.165) is 10.8 Å². The minimum atomic E-state index is -0.678. The van der Waals surface area contributed by atoms with Crippen molar-refractivity contribution in [2.75, 3.05) is 19.5 Å². The number of anilines is 1. The van der Waals surface area contributed by atoms with Crippen molar-refractivity contribution in [3.8, 4) is 5.75 Å². The molecule has 1 heterocycles. The molecule has 0 fully saturated rings. The predicted octanol–water partition coefficient (Wildman–Crippen LogP) is 2.68. The molecule has 7 nitrogen and oxygen atoms in total. The molecular formula is C18H15N3O4. The number of fused-ring (bicyclic) bond motifs is 1. The Labute approximate surface area is 143 Å². The molecule has 0 bridgehead atoms. The molecule has 0 aliphatic rings. The lowest BCUT2D eigenvalue weighted by Crippen LogP contribution is -2.18. The summed E-state index contributed by atoms with van der Waals surface area (Å²) in [6.07, 6.45) is 2.73. The number of nitrogens with zero attached hydrogens (tertiary/aromatic N) is 2. The van der Waals surface area contributed by atoms with Crippen molar-refractivity contribution in [1.82, 2.24) is 9.97 Å². The van der Waals surface area contributed by atoms with Crippen LogP contribution in [0.2, 0.25) is 0 Å². The molecule has 1 N–H and O–H groups in total. The van der Waals surface area contributed by atoms with Crippen LogP contribution in [0.1, 0.15) is 20.8 Å². The van der Waals surface area contributed by atoms with E-state index in [2.05, 4.69) is 20.0 Å². The zero-order valence-electron chi connectivity index (χ0n) is 13.6. The largest absolute Gasteiger partial charge is 0.496 e. The second-order valence-electron chi connectivity index (χ2n) is 5.06. The van der Waals surface area contributed by atoms with Gasteiger partial charge >= 0.3 is 5.97 Å². The summed E-state index contributed by atoms with van der Waals surface area (Å²) < 4.78 is 9.99. The molecule has 1 aromatic heterocycles. The first-order chi connectivity index (χ1) is 12.2. The van der Waals surface area contributed by atoms with Gasteiger partial charge in [0.15, 0.2) is 11.5 Å². The third-order valence-corrected chi connectivity index (χ3v) is 3.66. The first kappa shape index (κ1) is 16.4. The Morgan fingerprint density at radius 2 is 1.68 bits per heavy atom. The lowest BCUT2D eigenvalue weighted by molar-refractivity contribution is 0.0595. The molecule has 0 atom stereocenters. The number of esters is 1. The number of carbonyl (C=O) groups excluding carboxylic acids is 2. The normalized spacial score (nSPS) is 10.3. The van der Waals surface area contributed by atoms with Crippen LogP contribution in [0.4, 0.5) is 5.82 Å². The van der Waals surface area contributed by atoms with Crippen LogP contribution in [-0.2, 0) is 4.74 Å². The van der Waals surface area contributed by atoms with E-state index in [0.29, 0.717) is 11.3 Å². The molecule has 0 aliphatic carbocycles. The Morgan fingerprint density at radius 1 is 0.960 bits per heavy atom. The van der Waals surface area contributed by atoms with E-state index in [-0.39, 0.29) is 11.5 Å². The van der Waals surface area contributed by atoms with Crippen molar-refractivity contribution < 1.29 is 19.1 Å². The highest BCUT2D eigenvalue weighted by molar-refractivity contribution is 6.14. The second kappa shape index (κ2) is 6.96. The lowest BCUT2D eigenvalue weighted by atomic mass is 10.0. The number of carbonyl (C=O) groups is 2. The summed E-state index contributed by atoms with van der Waals surface area (Å²) in [6, 6.07) is 10.8. The molecule has 2 aromatic carbocycles. The summed E-state index contributed by atoms with van der Waals surface area (Å²) in [7, 11) is 2.81. The monoisotopic (exact) mass is 337 g/mol. The fraction of sp³-hybridized carbons (Fsp3) is 0.111. The third-order valence-electron chi connectivity index (χ3n) is 3.66. The van der Waals surface area contributed by atoms with Gasteiger partial charge in [0, 0.05) is 23.3 Å². The van der Waals surface area contributed by atoms with Crippen molar-refractivity contribution in [2.45, 2.75) is 0 Å². The molecule has 7 heteroatoms. The van der Waals surface area contributed by atoms with Gasteiger partial charge in [-0.05, 0) is 17.5 Å². The molecule has 25 heavy (non-hydrogen) atoms. The van der Waals surface area contributed by atoms with Crippen molar-refractivity contribution in [3.63, 3.8) is 0 Å². The van der Waals surface area contributed by atoms with Crippen LogP contribution in [0, 0.1) is 0 Å². The van der Waals surface area contributed by atoms with E-state index >= 15 is 0 Å². The van der Waals surface area contributed by atoms with Crippen LogP contribution >= 0.6 is 0 Å². The summed E-state index contributed by atoms with van der Waals surface area (Å²) >= 11 is 0. The zero-order chi connectivity index (χ0) is 17.8. The van der Waals surface area contributed by atoms with E-state index < -0.39 is 11.9 Å². The molecule has 1 amide bonds. The highest BCUT2D eigenvalue weighted by atomic mass is 16.5. The van der Waals surface area contributed by atoms with Crippen molar-refractivity contribution >= 4 is 28.5 Å². The van der Waals surface area contributed by atoms with Gasteiger partial charge in [-0.15, -0.1) is 0 Å². The summed E-state index contributed by atoms with van der Waals surface area (Å²) in [4.78, 5) is 32.4. The molecule has 3 rings (SSSR count). The highest BCUT2D eigenvalue weighted by Gasteiger charge is 2.19. The number of amides is 1. The number of ether oxygens (including phenoxy) is 2. The molecule has 126 valence electrons. The maximum absolute atomic E-state index is 12.7. The van der Waals surface area contributed by atoms with Crippen LogP contribution in [0.15, 0.2) is 48.8 Å². The molecule has 3 aromatic rings. The van der Waals surface area contributed by atoms with Gasteiger partial charge in [-0.25, -0.2) is 14.8 Å². The quantitative estimate of drug-likeness (QED) is 0.736. The fourth-order valence-corrected chi connectivity index (χ4v) is 2.50. The number of rotatable bonds is 4. The minimum Gasteiger partial charge on any atom is -0.496 e. The fourth-order valence-electron chi connectivity index (χ4n) is 2.50. The van der Waals surface area contributed by atoms with Crippen molar-refractivity contribution in [1.29, 1.82) is 0 Å². The Hall–Kier alpha value is -3.48. The molecular weight excluding hydrogens is 322 g/mol. The standard InChI is InChI=1S/C18H15N3O4/c1-24-14-8-7-13(11-5-3-4-6-12(11)14)17(22)21-16-15(18(23)25-2)19-9-10-20-16/h3-10H,1-2H3,(H,20,21,22). The number of aromatic nitrogens is 2. The van der Waals surface area contributed by atoms with E-state index in [1.54, 1.807) is 19.2 Å². The predicted molar refractivity (Wildman–Crippen MR) is 91.8 cm³/mol. The Morgan fingerprint density at radius 3 is 2.40 bits per heavy atom. The smallest absolute Gasteiger partial charge is 0.360 e. The van der Waals surface area contributed by atoms with Gasteiger partial charge in [-0.2, -0.15) is 0 Å². The topological polar surface area (TPSA) is 90.4 Å².